The fourth-order valence-corrected chi connectivity index (χ4v) is 13.7. The first-order valence-corrected chi connectivity index (χ1v) is 35.2. The van der Waals surface area contributed by atoms with Crippen LogP contribution < -0.4 is 19.9 Å². The van der Waals surface area contributed by atoms with Gasteiger partial charge in [-0.3, -0.25) is 0 Å². The molecule has 0 atom stereocenters. The van der Waals surface area contributed by atoms with Crippen molar-refractivity contribution < 1.29 is 0 Å². The molecule has 0 aliphatic carbocycles. The Labute approximate surface area is 440 Å². The quantitative estimate of drug-likeness (QED) is 0.0362. The molecule has 0 saturated heterocycles. The van der Waals surface area contributed by atoms with Crippen molar-refractivity contribution in [2.45, 2.75) is 387 Å². The first-order valence-electron chi connectivity index (χ1n) is 33.2. The molecule has 0 aliphatic rings. The summed E-state index contributed by atoms with van der Waals surface area (Å²) in [4.78, 5) is 16.9. The van der Waals surface area contributed by atoms with E-state index in [1.807, 2.05) is 0 Å². The topological polar surface area (TPSA) is 48.1 Å². The van der Waals surface area contributed by atoms with E-state index in [0.29, 0.717) is 0 Å². The lowest BCUT2D eigenvalue weighted by atomic mass is 10.0. The molecule has 0 bridgehead atoms. The van der Waals surface area contributed by atoms with E-state index >= 15 is 0 Å². The van der Waals surface area contributed by atoms with Gasteiger partial charge < -0.3 is 19.9 Å². The van der Waals surface area contributed by atoms with Gasteiger partial charge in [0.1, 0.15) is 0 Å². The highest BCUT2D eigenvalue weighted by molar-refractivity contribution is 6.70. The Balaban J connectivity index is 4.95. The molecule has 0 aromatic rings. The fraction of sp³-hybridized carbons (Fsp3) is 1.00. The molecule has 0 heterocycles. The lowest BCUT2D eigenvalue weighted by molar-refractivity contribution is 0.524. The summed E-state index contributed by atoms with van der Waals surface area (Å²) in [5.74, 6) is 0. The molecule has 0 aromatic carbocycles. The maximum Gasteiger partial charge on any atom is 0.365 e. The SMILES string of the molecule is CCCCCCCCCCCCCCCCN[Si](NCCCCCCCCCCCCCCCC)(NCCCCCCCCCCCCCCCC)NCCCCCCCCCCCCCCCC. The Morgan fingerprint density at radius 2 is 0.246 bits per heavy atom. The van der Waals surface area contributed by atoms with Gasteiger partial charge in [0.05, 0.1) is 0 Å². The van der Waals surface area contributed by atoms with Crippen molar-refractivity contribution in [2.75, 3.05) is 26.2 Å². The number of unbranched alkanes of at least 4 members (excludes halogenated alkanes) is 52. The van der Waals surface area contributed by atoms with Crippen LogP contribution in [-0.2, 0) is 0 Å². The van der Waals surface area contributed by atoms with E-state index in [0.717, 1.165) is 26.2 Å². The van der Waals surface area contributed by atoms with Gasteiger partial charge in [-0.15, -0.1) is 0 Å². The van der Waals surface area contributed by atoms with Gasteiger partial charge in [-0.25, -0.2) is 0 Å². The zero-order chi connectivity index (χ0) is 49.8. The molecule has 0 rings (SSSR count). The van der Waals surface area contributed by atoms with Crippen LogP contribution in [0.5, 0.6) is 0 Å². The van der Waals surface area contributed by atoms with Gasteiger partial charge in [0.25, 0.3) is 0 Å². The van der Waals surface area contributed by atoms with Crippen LogP contribution >= 0.6 is 0 Å². The summed E-state index contributed by atoms with van der Waals surface area (Å²) in [6, 6.07) is 0. The summed E-state index contributed by atoms with van der Waals surface area (Å²) < 4.78 is 0. The van der Waals surface area contributed by atoms with Gasteiger partial charge in [-0.2, -0.15) is 0 Å². The first-order chi connectivity index (χ1) is 34.2. The second-order valence-electron chi connectivity index (χ2n) is 22.8. The van der Waals surface area contributed by atoms with E-state index in [2.05, 4.69) is 47.6 Å². The van der Waals surface area contributed by atoms with Crippen LogP contribution in [0.1, 0.15) is 387 Å². The highest BCUT2D eigenvalue weighted by atomic mass is 28.4. The number of rotatable bonds is 64. The third-order valence-corrected chi connectivity index (χ3v) is 18.8. The third kappa shape index (κ3) is 57.2. The van der Waals surface area contributed by atoms with E-state index in [-0.39, 0.29) is 0 Å². The molecule has 4 N–H and O–H groups in total. The molecule has 0 unspecified atom stereocenters. The molecule has 0 fully saturated rings. The average Bonchev–Trinajstić information content (AvgIpc) is 3.36. The average molecular weight is 990 g/mol. The molecule has 0 radical (unpaired) electrons. The normalized spacial score (nSPS) is 12.0. The van der Waals surface area contributed by atoms with Crippen LogP contribution in [0.25, 0.3) is 0 Å². The molecule has 416 valence electrons. The predicted octanol–water partition coefficient (Wildman–Crippen LogP) is 21.7. The minimum absolute atomic E-state index is 1.15. The van der Waals surface area contributed by atoms with Crippen LogP contribution in [0.3, 0.4) is 0 Å². The van der Waals surface area contributed by atoms with Crippen molar-refractivity contribution >= 4 is 8.72 Å². The van der Waals surface area contributed by atoms with Gasteiger partial charge in [0.2, 0.25) is 0 Å². The third-order valence-electron chi connectivity index (χ3n) is 15.7. The Kier molecular flexibility index (Phi) is 62.4. The van der Waals surface area contributed by atoms with Gasteiger partial charge in [0.15, 0.2) is 0 Å². The van der Waals surface area contributed by atoms with Gasteiger partial charge in [-0.1, -0.05) is 362 Å². The van der Waals surface area contributed by atoms with Gasteiger partial charge in [0, 0.05) is 0 Å². The highest BCUT2D eigenvalue weighted by Crippen LogP contribution is 2.17. The van der Waals surface area contributed by atoms with E-state index in [4.69, 9.17) is 0 Å². The molecule has 4 nitrogen and oxygen atoms in total. The van der Waals surface area contributed by atoms with E-state index < -0.39 is 8.72 Å². The molecule has 0 aromatic heterocycles. The Hall–Kier alpha value is 0.0569. The van der Waals surface area contributed by atoms with Crippen LogP contribution in [0.4, 0.5) is 0 Å². The summed E-state index contributed by atoms with van der Waals surface area (Å²) in [6.07, 6.45) is 80.1. The Morgan fingerprint density at radius 1 is 0.145 bits per heavy atom. The number of hydrogen-bond acceptors (Lipinski definition) is 4. The summed E-state index contributed by atoms with van der Waals surface area (Å²) in [5, 5.41) is 0. The fourth-order valence-electron chi connectivity index (χ4n) is 10.8. The lowest BCUT2D eigenvalue weighted by Crippen LogP contribution is -2.81. The maximum absolute atomic E-state index is 4.23. The van der Waals surface area contributed by atoms with Crippen LogP contribution in [0.15, 0.2) is 0 Å². The predicted molar refractivity (Wildman–Crippen MR) is 319 cm³/mol. The largest absolute Gasteiger partial charge is 0.365 e. The van der Waals surface area contributed by atoms with Crippen molar-refractivity contribution in [2.24, 2.45) is 0 Å². The molecular formula is C64H136N4Si. The van der Waals surface area contributed by atoms with E-state index in [1.54, 1.807) is 0 Å². The second kappa shape index (κ2) is 62.4. The summed E-state index contributed by atoms with van der Waals surface area (Å²) in [7, 11) is -2.22. The minimum atomic E-state index is -2.22. The van der Waals surface area contributed by atoms with Crippen molar-refractivity contribution in [3.05, 3.63) is 0 Å². The summed E-state index contributed by atoms with van der Waals surface area (Å²) in [6.45, 7) is 13.9. The smallest absolute Gasteiger partial charge is 0.301 e. The Morgan fingerprint density at radius 3 is 0.362 bits per heavy atom. The molecule has 69 heavy (non-hydrogen) atoms. The van der Waals surface area contributed by atoms with Crippen LogP contribution in [0, 0.1) is 0 Å². The molecule has 0 spiro atoms. The lowest BCUT2D eigenvalue weighted by Gasteiger charge is -2.34. The van der Waals surface area contributed by atoms with Crippen molar-refractivity contribution in [1.29, 1.82) is 0 Å². The van der Waals surface area contributed by atoms with Crippen LogP contribution in [0.2, 0.25) is 0 Å². The zero-order valence-electron chi connectivity index (χ0n) is 48.9. The first kappa shape index (κ1) is 69.1. The summed E-state index contributed by atoms with van der Waals surface area (Å²) >= 11 is 0. The second-order valence-corrected chi connectivity index (χ2v) is 25.8. The van der Waals surface area contributed by atoms with E-state index in [9.17, 15) is 0 Å². The standard InChI is InChI=1S/C64H136N4Si/c1-5-9-13-17-21-25-29-33-37-41-45-49-53-57-61-65-69(66-62-58-54-50-46-42-38-34-30-26-22-18-14-10-6-2,67-63-59-55-51-47-43-39-35-31-27-23-19-15-11-7-3)68-64-60-56-52-48-44-40-36-32-28-24-20-16-12-8-4/h65-68H,5-64H2,1-4H3. The number of nitrogens with one attached hydrogen (secondary N) is 4. The van der Waals surface area contributed by atoms with Gasteiger partial charge in [-0.05, 0) is 51.9 Å². The summed E-state index contributed by atoms with van der Waals surface area (Å²) in [5.41, 5.74) is 0. The van der Waals surface area contributed by atoms with Crippen molar-refractivity contribution in [1.82, 2.24) is 19.9 Å². The monoisotopic (exact) mass is 989 g/mol. The number of hydrogen-bond donors (Lipinski definition) is 4. The van der Waals surface area contributed by atoms with Crippen molar-refractivity contribution in [3.63, 3.8) is 0 Å². The molecule has 0 amide bonds. The zero-order valence-corrected chi connectivity index (χ0v) is 49.9. The molecule has 0 aliphatic heterocycles. The van der Waals surface area contributed by atoms with Crippen LogP contribution in [-0.4, -0.2) is 34.9 Å². The molecule has 0 saturated carbocycles. The molecule has 5 heteroatoms. The van der Waals surface area contributed by atoms with Crippen molar-refractivity contribution in [3.8, 4) is 0 Å². The van der Waals surface area contributed by atoms with E-state index in [1.165, 1.54) is 360 Å². The maximum atomic E-state index is 4.23. The Bertz CT molecular complexity index is 744. The minimum Gasteiger partial charge on any atom is -0.301 e. The van der Waals surface area contributed by atoms with Gasteiger partial charge >= 0.3 is 8.72 Å². The molecular weight excluding hydrogens is 853 g/mol. The highest BCUT2D eigenvalue weighted by Gasteiger charge is 2.33.